The SMILES string of the molecule is CCC(CC)n1nnc(C(=O)OC)c1COC. The predicted octanol–water partition coefficient (Wildman–Crippen LogP) is 1.57. The van der Waals surface area contributed by atoms with Crippen LogP contribution in [0.1, 0.15) is 48.9 Å². The van der Waals surface area contributed by atoms with Crippen molar-refractivity contribution >= 4 is 5.97 Å². The first kappa shape index (κ1) is 13.6. The van der Waals surface area contributed by atoms with Gasteiger partial charge in [-0.15, -0.1) is 5.10 Å². The number of hydrogen-bond acceptors (Lipinski definition) is 5. The highest BCUT2D eigenvalue weighted by atomic mass is 16.5. The molecular formula is C11H19N3O3. The molecule has 0 saturated carbocycles. The second-order valence-electron chi connectivity index (χ2n) is 3.72. The maximum atomic E-state index is 11.5. The molecule has 0 spiro atoms. The van der Waals surface area contributed by atoms with Gasteiger partial charge in [-0.05, 0) is 12.8 Å². The van der Waals surface area contributed by atoms with E-state index in [1.165, 1.54) is 7.11 Å². The Bertz CT molecular complexity index is 372. The Hall–Kier alpha value is -1.43. The molecule has 17 heavy (non-hydrogen) atoms. The molecule has 1 heterocycles. The van der Waals surface area contributed by atoms with Crippen molar-refractivity contribution in [3.8, 4) is 0 Å². The molecule has 96 valence electrons. The van der Waals surface area contributed by atoms with Crippen molar-refractivity contribution in [1.82, 2.24) is 15.0 Å². The summed E-state index contributed by atoms with van der Waals surface area (Å²) in [5.41, 5.74) is 0.911. The van der Waals surface area contributed by atoms with Crippen LogP contribution in [-0.2, 0) is 16.1 Å². The van der Waals surface area contributed by atoms with Gasteiger partial charge in [0.1, 0.15) is 0 Å². The zero-order valence-corrected chi connectivity index (χ0v) is 10.8. The molecule has 0 saturated heterocycles. The highest BCUT2D eigenvalue weighted by Crippen LogP contribution is 2.19. The molecule has 1 rings (SSSR count). The lowest BCUT2D eigenvalue weighted by molar-refractivity contribution is 0.0588. The van der Waals surface area contributed by atoms with E-state index in [0.717, 1.165) is 12.8 Å². The quantitative estimate of drug-likeness (QED) is 0.707. The van der Waals surface area contributed by atoms with Crippen molar-refractivity contribution in [3.05, 3.63) is 11.4 Å². The molecule has 0 N–H and O–H groups in total. The van der Waals surface area contributed by atoms with Crippen LogP contribution in [0, 0.1) is 0 Å². The molecule has 1 aromatic rings. The van der Waals surface area contributed by atoms with Crippen molar-refractivity contribution in [2.24, 2.45) is 0 Å². The first-order valence-electron chi connectivity index (χ1n) is 5.70. The number of carbonyl (C=O) groups is 1. The Morgan fingerprint density at radius 2 is 2.00 bits per heavy atom. The van der Waals surface area contributed by atoms with E-state index in [1.807, 2.05) is 0 Å². The fourth-order valence-corrected chi connectivity index (χ4v) is 1.77. The zero-order chi connectivity index (χ0) is 12.8. The van der Waals surface area contributed by atoms with Gasteiger partial charge in [0.25, 0.3) is 0 Å². The molecule has 0 aliphatic carbocycles. The van der Waals surface area contributed by atoms with Gasteiger partial charge in [0, 0.05) is 7.11 Å². The van der Waals surface area contributed by atoms with Crippen LogP contribution in [0.25, 0.3) is 0 Å². The number of ether oxygens (including phenoxy) is 2. The van der Waals surface area contributed by atoms with E-state index in [2.05, 4.69) is 28.9 Å². The minimum Gasteiger partial charge on any atom is -0.464 e. The highest BCUT2D eigenvalue weighted by molar-refractivity contribution is 5.88. The van der Waals surface area contributed by atoms with Gasteiger partial charge < -0.3 is 9.47 Å². The Morgan fingerprint density at radius 1 is 1.35 bits per heavy atom. The lowest BCUT2D eigenvalue weighted by Gasteiger charge is -2.15. The van der Waals surface area contributed by atoms with Gasteiger partial charge in [-0.25, -0.2) is 9.48 Å². The summed E-state index contributed by atoms with van der Waals surface area (Å²) in [4.78, 5) is 11.5. The highest BCUT2D eigenvalue weighted by Gasteiger charge is 2.23. The Kier molecular flexibility index (Phi) is 5.09. The van der Waals surface area contributed by atoms with Gasteiger partial charge in [-0.1, -0.05) is 19.1 Å². The number of esters is 1. The fraction of sp³-hybridized carbons (Fsp3) is 0.727. The van der Waals surface area contributed by atoms with Crippen LogP contribution in [0.2, 0.25) is 0 Å². The molecule has 0 unspecified atom stereocenters. The van der Waals surface area contributed by atoms with E-state index in [-0.39, 0.29) is 11.7 Å². The van der Waals surface area contributed by atoms with E-state index >= 15 is 0 Å². The van der Waals surface area contributed by atoms with Crippen LogP contribution >= 0.6 is 0 Å². The molecule has 0 fully saturated rings. The van der Waals surface area contributed by atoms with Crippen molar-refractivity contribution in [2.75, 3.05) is 14.2 Å². The third-order valence-electron chi connectivity index (χ3n) is 2.74. The molecule has 0 aromatic carbocycles. The molecule has 0 aliphatic heterocycles. The van der Waals surface area contributed by atoms with Gasteiger partial charge >= 0.3 is 5.97 Å². The molecule has 0 radical (unpaired) electrons. The zero-order valence-electron chi connectivity index (χ0n) is 10.8. The van der Waals surface area contributed by atoms with Gasteiger partial charge in [-0.3, -0.25) is 0 Å². The summed E-state index contributed by atoms with van der Waals surface area (Å²) >= 11 is 0. The molecule has 6 nitrogen and oxygen atoms in total. The van der Waals surface area contributed by atoms with Crippen LogP contribution in [0.15, 0.2) is 0 Å². The van der Waals surface area contributed by atoms with E-state index in [0.29, 0.717) is 12.3 Å². The van der Waals surface area contributed by atoms with Crippen LogP contribution in [0.3, 0.4) is 0 Å². The van der Waals surface area contributed by atoms with Gasteiger partial charge in [-0.2, -0.15) is 0 Å². The minimum atomic E-state index is -0.478. The van der Waals surface area contributed by atoms with E-state index in [4.69, 9.17) is 4.74 Å². The van der Waals surface area contributed by atoms with E-state index in [9.17, 15) is 4.79 Å². The van der Waals surface area contributed by atoms with E-state index in [1.54, 1.807) is 11.8 Å². The molecule has 0 amide bonds. The van der Waals surface area contributed by atoms with Crippen LogP contribution in [0.4, 0.5) is 0 Å². The Balaban J connectivity index is 3.13. The topological polar surface area (TPSA) is 66.2 Å². The lowest BCUT2D eigenvalue weighted by atomic mass is 10.1. The smallest absolute Gasteiger partial charge is 0.360 e. The number of rotatable bonds is 6. The Morgan fingerprint density at radius 3 is 2.47 bits per heavy atom. The monoisotopic (exact) mass is 241 g/mol. The standard InChI is InChI=1S/C11H19N3O3/c1-5-8(6-2)14-9(7-16-3)10(12-13-14)11(15)17-4/h8H,5-7H2,1-4H3. The van der Waals surface area contributed by atoms with Crippen molar-refractivity contribution in [1.29, 1.82) is 0 Å². The van der Waals surface area contributed by atoms with Crippen molar-refractivity contribution in [3.63, 3.8) is 0 Å². The first-order valence-corrected chi connectivity index (χ1v) is 5.70. The molecular weight excluding hydrogens is 222 g/mol. The number of carbonyl (C=O) groups excluding carboxylic acids is 1. The van der Waals surface area contributed by atoms with E-state index < -0.39 is 5.97 Å². The third-order valence-corrected chi connectivity index (χ3v) is 2.74. The lowest BCUT2D eigenvalue weighted by Crippen LogP contribution is -2.15. The van der Waals surface area contributed by atoms with Crippen LogP contribution in [-0.4, -0.2) is 35.2 Å². The maximum Gasteiger partial charge on any atom is 0.360 e. The van der Waals surface area contributed by atoms with Crippen LogP contribution in [0.5, 0.6) is 0 Å². The minimum absolute atomic E-state index is 0.228. The number of methoxy groups -OCH3 is 2. The summed E-state index contributed by atoms with van der Waals surface area (Å²) in [5, 5.41) is 7.91. The number of aromatic nitrogens is 3. The largest absolute Gasteiger partial charge is 0.464 e. The average Bonchev–Trinajstić information content (AvgIpc) is 2.75. The summed E-state index contributed by atoms with van der Waals surface area (Å²) < 4.78 is 11.5. The van der Waals surface area contributed by atoms with Gasteiger partial charge in [0.2, 0.25) is 0 Å². The molecule has 1 aromatic heterocycles. The van der Waals surface area contributed by atoms with Gasteiger partial charge in [0.15, 0.2) is 5.69 Å². The van der Waals surface area contributed by atoms with Crippen LogP contribution < -0.4 is 0 Å². The summed E-state index contributed by atoms with van der Waals surface area (Å²) in [6.07, 6.45) is 1.86. The second kappa shape index (κ2) is 6.34. The average molecular weight is 241 g/mol. The summed E-state index contributed by atoms with van der Waals surface area (Å²) in [6, 6.07) is 0.228. The van der Waals surface area contributed by atoms with Gasteiger partial charge in [0.05, 0.1) is 25.5 Å². The first-order chi connectivity index (χ1) is 8.19. The predicted molar refractivity (Wildman–Crippen MR) is 61.7 cm³/mol. The third kappa shape index (κ3) is 2.82. The van der Waals surface area contributed by atoms with Crippen molar-refractivity contribution in [2.45, 2.75) is 39.3 Å². The number of nitrogens with zero attached hydrogens (tertiary/aromatic N) is 3. The number of hydrogen-bond donors (Lipinski definition) is 0. The second-order valence-corrected chi connectivity index (χ2v) is 3.72. The maximum absolute atomic E-state index is 11.5. The fourth-order valence-electron chi connectivity index (χ4n) is 1.77. The Labute approximate surface area is 101 Å². The molecule has 0 aliphatic rings. The normalized spacial score (nSPS) is 10.9. The summed E-state index contributed by atoms with van der Waals surface area (Å²) in [6.45, 7) is 4.45. The summed E-state index contributed by atoms with van der Waals surface area (Å²) in [5.74, 6) is -0.478. The molecule has 0 bridgehead atoms. The molecule has 6 heteroatoms. The molecule has 0 atom stereocenters. The van der Waals surface area contributed by atoms with Crippen molar-refractivity contribution < 1.29 is 14.3 Å². The summed E-state index contributed by atoms with van der Waals surface area (Å²) in [7, 11) is 2.90.